The lowest BCUT2D eigenvalue weighted by atomic mass is 9.93. The first-order valence-corrected chi connectivity index (χ1v) is 21.3. The molecule has 2 aromatic heterocycles. The summed E-state index contributed by atoms with van der Waals surface area (Å²) in [6, 6.07) is 33.8. The zero-order chi connectivity index (χ0) is 43.6. The van der Waals surface area contributed by atoms with E-state index in [1.165, 1.54) is 69.3 Å². The van der Waals surface area contributed by atoms with Crippen molar-refractivity contribution in [1.82, 2.24) is 20.6 Å². The van der Waals surface area contributed by atoms with Gasteiger partial charge in [-0.2, -0.15) is 0 Å². The highest BCUT2D eigenvalue weighted by Gasteiger charge is 2.23. The van der Waals surface area contributed by atoms with E-state index in [-0.39, 0.29) is 23.2 Å². The van der Waals surface area contributed by atoms with Gasteiger partial charge in [-0.05, 0) is 133 Å². The SMILES string of the molecule is CCc1ccc(N(C)c2ccc3c(c2)CCN[C@@H]3CNc2cnccc2C(=O)O)cc1.CCc1ccc(N(C)c2ccc3c(c2)CCN[C@H]3CNc2cnccc2C(=O)O)cc1. The Bertz CT molecular complexity index is 2300. The molecule has 0 spiro atoms. The van der Waals surface area contributed by atoms with Gasteiger partial charge in [0.25, 0.3) is 0 Å². The summed E-state index contributed by atoms with van der Waals surface area (Å²) in [7, 11) is 4.19. The number of pyridine rings is 2. The summed E-state index contributed by atoms with van der Waals surface area (Å²) in [5.41, 5.74) is 14.0. The predicted octanol–water partition coefficient (Wildman–Crippen LogP) is 8.82. The van der Waals surface area contributed by atoms with Crippen LogP contribution in [0.2, 0.25) is 0 Å². The molecule has 0 radical (unpaired) electrons. The maximum atomic E-state index is 11.4. The zero-order valence-electron chi connectivity index (χ0n) is 35.9. The van der Waals surface area contributed by atoms with E-state index in [0.717, 1.165) is 50.1 Å². The molecule has 4 aromatic carbocycles. The molecule has 0 aliphatic carbocycles. The largest absolute Gasteiger partial charge is 0.478 e. The van der Waals surface area contributed by atoms with Crippen LogP contribution < -0.4 is 31.1 Å². The molecule has 4 heterocycles. The van der Waals surface area contributed by atoms with Crippen LogP contribution in [-0.4, -0.2) is 72.4 Å². The molecule has 2 aliphatic rings. The highest BCUT2D eigenvalue weighted by molar-refractivity contribution is 5.94. The van der Waals surface area contributed by atoms with Crippen molar-refractivity contribution >= 4 is 46.1 Å². The predicted molar refractivity (Wildman–Crippen MR) is 249 cm³/mol. The third-order valence-electron chi connectivity index (χ3n) is 11.9. The molecular formula is C50H56N8O4. The first-order chi connectivity index (χ1) is 30.1. The van der Waals surface area contributed by atoms with Crippen molar-refractivity contribution in [2.24, 2.45) is 0 Å². The van der Waals surface area contributed by atoms with Gasteiger partial charge in [-0.1, -0.05) is 50.2 Å². The second-order valence-corrected chi connectivity index (χ2v) is 15.7. The maximum absolute atomic E-state index is 11.4. The second-order valence-electron chi connectivity index (χ2n) is 15.7. The Morgan fingerprint density at radius 1 is 0.597 bits per heavy atom. The van der Waals surface area contributed by atoms with E-state index in [1.54, 1.807) is 12.4 Å². The van der Waals surface area contributed by atoms with Crippen molar-refractivity contribution in [3.05, 3.63) is 166 Å². The summed E-state index contributed by atoms with van der Waals surface area (Å²) < 4.78 is 0. The number of fused-ring (bicyclic) bond motifs is 2. The molecule has 2 atom stereocenters. The van der Waals surface area contributed by atoms with Crippen molar-refractivity contribution in [3.63, 3.8) is 0 Å². The van der Waals surface area contributed by atoms with Crippen LogP contribution in [-0.2, 0) is 25.7 Å². The van der Waals surface area contributed by atoms with Gasteiger partial charge in [-0.25, -0.2) is 9.59 Å². The van der Waals surface area contributed by atoms with E-state index in [1.807, 2.05) is 0 Å². The second kappa shape index (κ2) is 20.2. The molecule has 0 bridgehead atoms. The molecule has 0 saturated heterocycles. The number of benzene rings is 4. The number of carbonyl (C=O) groups is 2. The summed E-state index contributed by atoms with van der Waals surface area (Å²) in [5.74, 6) is -1.91. The molecule has 6 aromatic rings. The number of aromatic nitrogens is 2. The first kappa shape index (κ1) is 43.3. The molecule has 6 N–H and O–H groups in total. The monoisotopic (exact) mass is 832 g/mol. The van der Waals surface area contributed by atoms with Crippen LogP contribution >= 0.6 is 0 Å². The number of carboxylic acids is 2. The zero-order valence-corrected chi connectivity index (χ0v) is 35.9. The lowest BCUT2D eigenvalue weighted by Gasteiger charge is -2.29. The van der Waals surface area contributed by atoms with Crippen LogP contribution in [0.4, 0.5) is 34.1 Å². The Hall–Kier alpha value is -6.76. The standard InChI is InChI=1S/2C25H28N4O2/c2*1-3-17-4-6-19(7-5-17)29(2)20-8-9-21-18(14-20)10-13-27-24(21)16-28-23-15-26-12-11-22(23)25(30)31/h2*4-9,11-12,14-15,24,27-28H,3,10,13,16H2,1-2H3,(H,30,31)/t2*24-/m10/s1. The summed E-state index contributed by atoms with van der Waals surface area (Å²) in [6.45, 7) is 7.28. The van der Waals surface area contributed by atoms with Crippen LogP contribution in [0, 0.1) is 0 Å². The molecule has 12 heteroatoms. The number of hydrogen-bond donors (Lipinski definition) is 6. The van der Waals surface area contributed by atoms with Crippen molar-refractivity contribution in [2.75, 3.05) is 60.7 Å². The fourth-order valence-electron chi connectivity index (χ4n) is 8.14. The smallest absolute Gasteiger partial charge is 0.337 e. The maximum Gasteiger partial charge on any atom is 0.337 e. The van der Waals surface area contributed by atoms with E-state index in [0.29, 0.717) is 24.5 Å². The van der Waals surface area contributed by atoms with Gasteiger partial charge in [-0.3, -0.25) is 9.97 Å². The highest BCUT2D eigenvalue weighted by atomic mass is 16.4. The minimum absolute atomic E-state index is 0.105. The van der Waals surface area contributed by atoms with E-state index < -0.39 is 11.9 Å². The molecule has 2 aliphatic heterocycles. The third-order valence-corrected chi connectivity index (χ3v) is 11.9. The van der Waals surface area contributed by atoms with Gasteiger partial charge in [0.15, 0.2) is 0 Å². The van der Waals surface area contributed by atoms with Crippen molar-refractivity contribution < 1.29 is 19.8 Å². The van der Waals surface area contributed by atoms with Crippen molar-refractivity contribution in [2.45, 2.75) is 51.6 Å². The molecule has 0 fully saturated rings. The number of nitrogens with zero attached hydrogens (tertiary/aromatic N) is 4. The number of carboxylic acid groups (broad SMARTS) is 2. The fourth-order valence-corrected chi connectivity index (χ4v) is 8.14. The molecule has 62 heavy (non-hydrogen) atoms. The third kappa shape index (κ3) is 10.2. The first-order valence-electron chi connectivity index (χ1n) is 21.3. The summed E-state index contributed by atoms with van der Waals surface area (Å²) in [5, 5.41) is 32.4. The molecule has 0 amide bonds. The average molecular weight is 833 g/mol. The number of aromatic carboxylic acids is 2. The fraction of sp³-hybridized carbons (Fsp3) is 0.280. The molecule has 0 unspecified atom stereocenters. The minimum Gasteiger partial charge on any atom is -0.478 e. The lowest BCUT2D eigenvalue weighted by Crippen LogP contribution is -2.34. The number of anilines is 6. The van der Waals surface area contributed by atoms with Crippen molar-refractivity contribution in [1.29, 1.82) is 0 Å². The molecule has 8 rings (SSSR count). The summed E-state index contributed by atoms with van der Waals surface area (Å²) in [6.07, 6.45) is 10.1. The van der Waals surface area contributed by atoms with Crippen LogP contribution in [0.25, 0.3) is 0 Å². The molecular weight excluding hydrogens is 777 g/mol. The summed E-state index contributed by atoms with van der Waals surface area (Å²) >= 11 is 0. The van der Waals surface area contributed by atoms with Gasteiger partial charge in [0.2, 0.25) is 0 Å². The van der Waals surface area contributed by atoms with E-state index >= 15 is 0 Å². The normalized spacial score (nSPS) is 15.2. The van der Waals surface area contributed by atoms with Gasteiger partial charge in [-0.15, -0.1) is 0 Å². The van der Waals surface area contributed by atoms with Gasteiger partial charge in [0.05, 0.1) is 34.9 Å². The molecule has 12 nitrogen and oxygen atoms in total. The molecule has 320 valence electrons. The Morgan fingerprint density at radius 3 is 1.35 bits per heavy atom. The minimum atomic E-state index is -0.957. The number of hydrogen-bond acceptors (Lipinski definition) is 10. The van der Waals surface area contributed by atoms with Crippen LogP contribution in [0.5, 0.6) is 0 Å². The van der Waals surface area contributed by atoms with E-state index in [9.17, 15) is 19.8 Å². The van der Waals surface area contributed by atoms with Crippen molar-refractivity contribution in [3.8, 4) is 0 Å². The number of aryl methyl sites for hydroxylation is 2. The Labute approximate surface area is 364 Å². The summed E-state index contributed by atoms with van der Waals surface area (Å²) in [4.78, 5) is 35.4. The topological polar surface area (TPSA) is 155 Å². The van der Waals surface area contributed by atoms with E-state index in [4.69, 9.17) is 0 Å². The van der Waals surface area contributed by atoms with Crippen LogP contribution in [0.15, 0.2) is 122 Å². The number of rotatable bonds is 14. The Morgan fingerprint density at radius 2 is 0.984 bits per heavy atom. The van der Waals surface area contributed by atoms with Crippen LogP contribution in [0.1, 0.15) is 80.0 Å². The van der Waals surface area contributed by atoms with Crippen LogP contribution in [0.3, 0.4) is 0 Å². The molecule has 0 saturated carbocycles. The van der Waals surface area contributed by atoms with Gasteiger partial charge in [0.1, 0.15) is 0 Å². The lowest BCUT2D eigenvalue weighted by molar-refractivity contribution is 0.0687. The highest BCUT2D eigenvalue weighted by Crippen LogP contribution is 2.33. The van der Waals surface area contributed by atoms with Gasteiger partial charge >= 0.3 is 11.9 Å². The average Bonchev–Trinajstić information content (AvgIpc) is 3.32. The Balaban J connectivity index is 0.000000186. The van der Waals surface area contributed by atoms with Gasteiger partial charge in [0, 0.05) is 74.4 Å². The van der Waals surface area contributed by atoms with Gasteiger partial charge < -0.3 is 41.3 Å². The Kier molecular flexibility index (Phi) is 14.1. The van der Waals surface area contributed by atoms with E-state index in [2.05, 4.69) is 154 Å². The number of nitrogens with one attached hydrogen (secondary N) is 4. The quantitative estimate of drug-likeness (QED) is 0.0622.